The maximum absolute atomic E-state index is 13.1. The Morgan fingerprint density at radius 3 is 2.70 bits per heavy atom. The van der Waals surface area contributed by atoms with E-state index < -0.39 is 0 Å². The summed E-state index contributed by atoms with van der Waals surface area (Å²) in [5, 5.41) is 4.31. The van der Waals surface area contributed by atoms with Crippen LogP contribution in [0.1, 0.15) is 48.7 Å². The van der Waals surface area contributed by atoms with Gasteiger partial charge in [-0.25, -0.2) is 4.79 Å². The number of benzene rings is 2. The molecule has 3 aromatic rings. The van der Waals surface area contributed by atoms with Crippen molar-refractivity contribution in [2.75, 3.05) is 20.2 Å². The van der Waals surface area contributed by atoms with Crippen molar-refractivity contribution < 1.29 is 9.53 Å². The molecule has 0 saturated carbocycles. The Morgan fingerprint density at radius 2 is 2.00 bits per heavy atom. The molecule has 0 saturated heterocycles. The van der Waals surface area contributed by atoms with Crippen LogP contribution < -0.4 is 10.1 Å². The van der Waals surface area contributed by atoms with Gasteiger partial charge in [0.2, 0.25) is 0 Å². The average molecular weight is 406 g/mol. The van der Waals surface area contributed by atoms with Gasteiger partial charge in [0, 0.05) is 29.7 Å². The van der Waals surface area contributed by atoms with Gasteiger partial charge in [-0.3, -0.25) is 0 Å². The maximum Gasteiger partial charge on any atom is 0.318 e. The Bertz CT molecular complexity index is 1040. The fraction of sp³-hybridized carbons (Fsp3) is 0.400. The SMILES string of the molecule is COc1ccc2[nH]c3c(c2c1)CCN(C(=O)NCCC(C)C)[C@H]3c1ccc(C)cc1. The van der Waals surface area contributed by atoms with Crippen LogP contribution in [0.5, 0.6) is 5.75 Å². The summed E-state index contributed by atoms with van der Waals surface area (Å²) in [5.74, 6) is 1.42. The molecule has 0 unspecified atom stereocenters. The van der Waals surface area contributed by atoms with Gasteiger partial charge in [-0.2, -0.15) is 0 Å². The lowest BCUT2D eigenvalue weighted by molar-refractivity contribution is 0.179. The molecule has 1 aliphatic heterocycles. The van der Waals surface area contributed by atoms with Crippen molar-refractivity contribution in [3.05, 3.63) is 64.8 Å². The Hall–Kier alpha value is -2.95. The van der Waals surface area contributed by atoms with Crippen LogP contribution in [-0.2, 0) is 6.42 Å². The molecule has 0 radical (unpaired) electrons. The highest BCUT2D eigenvalue weighted by Gasteiger charge is 2.34. The summed E-state index contributed by atoms with van der Waals surface area (Å²) in [6.07, 6.45) is 1.80. The van der Waals surface area contributed by atoms with Crippen LogP contribution in [0.2, 0.25) is 0 Å². The number of hydrogen-bond acceptors (Lipinski definition) is 2. The molecule has 0 fully saturated rings. The number of aromatic nitrogens is 1. The average Bonchev–Trinajstić information content (AvgIpc) is 3.11. The number of fused-ring (bicyclic) bond motifs is 3. The van der Waals surface area contributed by atoms with E-state index >= 15 is 0 Å². The second-order valence-corrected chi connectivity index (χ2v) is 8.60. The zero-order chi connectivity index (χ0) is 21.3. The number of carbonyl (C=O) groups excluding carboxylic acids is 1. The predicted octanol–water partition coefficient (Wildman–Crippen LogP) is 5.19. The second-order valence-electron chi connectivity index (χ2n) is 8.60. The molecule has 2 amide bonds. The first kappa shape index (κ1) is 20.3. The number of nitrogens with one attached hydrogen (secondary N) is 2. The van der Waals surface area contributed by atoms with Gasteiger partial charge < -0.3 is 19.9 Å². The molecular weight excluding hydrogens is 374 g/mol. The summed E-state index contributed by atoms with van der Waals surface area (Å²) in [6.45, 7) is 7.82. The number of methoxy groups -OCH3 is 1. The largest absolute Gasteiger partial charge is 0.497 e. The fourth-order valence-corrected chi connectivity index (χ4v) is 4.28. The van der Waals surface area contributed by atoms with Gasteiger partial charge in [0.05, 0.1) is 13.2 Å². The molecule has 0 spiro atoms. The molecule has 158 valence electrons. The Labute approximate surface area is 178 Å². The molecule has 2 aromatic carbocycles. The molecule has 0 bridgehead atoms. The number of amides is 2. The summed E-state index contributed by atoms with van der Waals surface area (Å²) < 4.78 is 5.44. The van der Waals surface area contributed by atoms with E-state index in [0.717, 1.165) is 35.4 Å². The van der Waals surface area contributed by atoms with E-state index in [1.54, 1.807) is 7.11 Å². The van der Waals surface area contributed by atoms with E-state index in [0.29, 0.717) is 19.0 Å². The zero-order valence-corrected chi connectivity index (χ0v) is 18.3. The number of nitrogens with zero attached hydrogens (tertiary/aromatic N) is 1. The minimum atomic E-state index is -0.133. The van der Waals surface area contributed by atoms with Crippen molar-refractivity contribution in [1.82, 2.24) is 15.2 Å². The van der Waals surface area contributed by atoms with Crippen LogP contribution in [-0.4, -0.2) is 36.1 Å². The summed E-state index contributed by atoms with van der Waals surface area (Å²) in [4.78, 5) is 18.7. The first-order valence-electron chi connectivity index (χ1n) is 10.8. The number of carbonyl (C=O) groups is 1. The molecule has 1 aliphatic rings. The van der Waals surface area contributed by atoms with Crippen LogP contribution in [0, 0.1) is 12.8 Å². The van der Waals surface area contributed by atoms with Crippen LogP contribution in [0.15, 0.2) is 42.5 Å². The van der Waals surface area contributed by atoms with Crippen molar-refractivity contribution in [2.45, 2.75) is 39.7 Å². The Balaban J connectivity index is 1.74. The van der Waals surface area contributed by atoms with E-state index in [4.69, 9.17) is 4.74 Å². The monoisotopic (exact) mass is 405 g/mol. The quantitative estimate of drug-likeness (QED) is 0.614. The molecule has 1 atom stereocenters. The van der Waals surface area contributed by atoms with Crippen LogP contribution in [0.4, 0.5) is 4.79 Å². The number of aryl methyl sites for hydroxylation is 1. The van der Waals surface area contributed by atoms with Crippen molar-refractivity contribution in [3.63, 3.8) is 0 Å². The normalized spacial score (nSPS) is 16.0. The van der Waals surface area contributed by atoms with E-state index in [1.165, 1.54) is 16.5 Å². The molecule has 5 nitrogen and oxygen atoms in total. The highest BCUT2D eigenvalue weighted by Crippen LogP contribution is 2.39. The molecule has 0 aliphatic carbocycles. The number of ether oxygens (including phenoxy) is 1. The number of rotatable bonds is 5. The van der Waals surface area contributed by atoms with Crippen molar-refractivity contribution in [2.24, 2.45) is 5.92 Å². The molecule has 30 heavy (non-hydrogen) atoms. The summed E-state index contributed by atoms with van der Waals surface area (Å²) in [6, 6.07) is 14.5. The van der Waals surface area contributed by atoms with Gasteiger partial charge in [-0.1, -0.05) is 43.7 Å². The lowest BCUT2D eigenvalue weighted by atomic mass is 9.92. The Morgan fingerprint density at radius 1 is 1.23 bits per heavy atom. The number of H-pyrrole nitrogens is 1. The number of hydrogen-bond donors (Lipinski definition) is 2. The number of urea groups is 1. The lowest BCUT2D eigenvalue weighted by Gasteiger charge is -2.36. The van der Waals surface area contributed by atoms with Gasteiger partial charge in [-0.15, -0.1) is 0 Å². The standard InChI is InChI=1S/C25H31N3O2/c1-16(2)11-13-26-25(29)28-14-12-20-21-15-19(30-4)9-10-22(21)27-23(20)24(28)18-7-5-17(3)6-8-18/h5-10,15-16,24,27H,11-14H2,1-4H3,(H,26,29)/t24-/m0/s1. The van der Waals surface area contributed by atoms with Gasteiger partial charge in [0.15, 0.2) is 0 Å². The smallest absolute Gasteiger partial charge is 0.318 e. The molecule has 5 heteroatoms. The van der Waals surface area contributed by atoms with E-state index in [-0.39, 0.29) is 12.1 Å². The summed E-state index contributed by atoms with van der Waals surface area (Å²) in [7, 11) is 1.69. The highest BCUT2D eigenvalue weighted by molar-refractivity contribution is 5.87. The van der Waals surface area contributed by atoms with E-state index in [1.807, 2.05) is 11.0 Å². The molecular formula is C25H31N3O2. The van der Waals surface area contributed by atoms with Crippen LogP contribution in [0.25, 0.3) is 10.9 Å². The minimum absolute atomic E-state index is 0.00288. The second kappa shape index (κ2) is 8.42. The van der Waals surface area contributed by atoms with Gasteiger partial charge in [0.1, 0.15) is 5.75 Å². The molecule has 2 heterocycles. The van der Waals surface area contributed by atoms with Gasteiger partial charge in [-0.05, 0) is 55.0 Å². The molecule has 2 N–H and O–H groups in total. The van der Waals surface area contributed by atoms with Crippen molar-refractivity contribution in [3.8, 4) is 5.75 Å². The lowest BCUT2D eigenvalue weighted by Crippen LogP contribution is -2.46. The van der Waals surface area contributed by atoms with E-state index in [2.05, 4.69) is 67.5 Å². The summed E-state index contributed by atoms with van der Waals surface area (Å²) >= 11 is 0. The maximum atomic E-state index is 13.1. The zero-order valence-electron chi connectivity index (χ0n) is 18.3. The van der Waals surface area contributed by atoms with Crippen LogP contribution in [0.3, 0.4) is 0 Å². The Kier molecular flexibility index (Phi) is 5.71. The third-order valence-electron chi connectivity index (χ3n) is 5.99. The van der Waals surface area contributed by atoms with Gasteiger partial charge in [0.25, 0.3) is 0 Å². The van der Waals surface area contributed by atoms with Gasteiger partial charge >= 0.3 is 6.03 Å². The van der Waals surface area contributed by atoms with Crippen LogP contribution >= 0.6 is 0 Å². The highest BCUT2D eigenvalue weighted by atomic mass is 16.5. The third-order valence-corrected chi connectivity index (χ3v) is 5.99. The predicted molar refractivity (Wildman–Crippen MR) is 121 cm³/mol. The van der Waals surface area contributed by atoms with Crippen molar-refractivity contribution in [1.29, 1.82) is 0 Å². The number of aromatic amines is 1. The topological polar surface area (TPSA) is 57.4 Å². The first-order chi connectivity index (χ1) is 14.5. The minimum Gasteiger partial charge on any atom is -0.497 e. The summed E-state index contributed by atoms with van der Waals surface area (Å²) in [5.41, 5.74) is 5.80. The van der Waals surface area contributed by atoms with E-state index in [9.17, 15) is 4.79 Å². The fourth-order valence-electron chi connectivity index (χ4n) is 4.28. The third kappa shape index (κ3) is 3.89. The first-order valence-corrected chi connectivity index (χ1v) is 10.8. The molecule has 1 aromatic heterocycles. The van der Waals surface area contributed by atoms with Crippen molar-refractivity contribution >= 4 is 16.9 Å². The molecule has 4 rings (SSSR count).